The normalized spacial score (nSPS) is 20.7. The van der Waals surface area contributed by atoms with E-state index < -0.39 is 11.7 Å². The Balaban J connectivity index is 1.22. The summed E-state index contributed by atoms with van der Waals surface area (Å²) in [6.07, 6.45) is -2.92. The highest BCUT2D eigenvalue weighted by Gasteiger charge is 2.33. The molecule has 220 valence electrons. The number of hydrogen-bond acceptors (Lipinski definition) is 5. The van der Waals surface area contributed by atoms with E-state index in [1.165, 1.54) is 16.8 Å². The number of halogens is 3. The molecule has 3 aromatic rings. The molecule has 0 radical (unpaired) electrons. The third-order valence-corrected chi connectivity index (χ3v) is 7.90. The van der Waals surface area contributed by atoms with E-state index in [-0.39, 0.29) is 30.1 Å². The molecule has 0 aliphatic carbocycles. The molecule has 0 unspecified atom stereocenters. The van der Waals surface area contributed by atoms with E-state index in [0.717, 1.165) is 57.0 Å². The van der Waals surface area contributed by atoms with Gasteiger partial charge in [-0.3, -0.25) is 14.6 Å². The number of morpholine rings is 1. The van der Waals surface area contributed by atoms with Crippen LogP contribution >= 0.6 is 0 Å². The molecular formula is C32H38F3N3O3. The van der Waals surface area contributed by atoms with Crippen LogP contribution in [0.5, 0.6) is 5.75 Å². The summed E-state index contributed by atoms with van der Waals surface area (Å²) in [6.45, 7) is 7.16. The number of fused-ring (bicyclic) bond motifs is 1. The maximum absolute atomic E-state index is 13.3. The molecule has 9 heteroatoms. The van der Waals surface area contributed by atoms with Crippen LogP contribution in [-0.2, 0) is 22.3 Å². The Morgan fingerprint density at radius 1 is 0.951 bits per heavy atom. The van der Waals surface area contributed by atoms with Crippen LogP contribution < -0.4 is 10.1 Å². The molecule has 41 heavy (non-hydrogen) atoms. The fraction of sp³-hybridized carbons (Fsp3) is 0.469. The van der Waals surface area contributed by atoms with E-state index in [1.54, 1.807) is 6.07 Å². The molecule has 6 nitrogen and oxygen atoms in total. The van der Waals surface area contributed by atoms with Crippen LogP contribution in [0.25, 0.3) is 10.8 Å². The van der Waals surface area contributed by atoms with Gasteiger partial charge in [-0.05, 0) is 60.0 Å². The van der Waals surface area contributed by atoms with Crippen LogP contribution in [0.15, 0.2) is 66.7 Å². The van der Waals surface area contributed by atoms with Crippen molar-refractivity contribution in [2.24, 2.45) is 11.8 Å². The zero-order valence-corrected chi connectivity index (χ0v) is 23.2. The SMILES string of the molecule is O=C(NCCCN1CCOCC1)[C@@H]1C[C@H](COc2cccc(C(F)(F)F)c2)CN(Cc2ccc3ccccc3c2)C1. The zero-order valence-electron chi connectivity index (χ0n) is 23.2. The van der Waals surface area contributed by atoms with Crippen LogP contribution in [0.4, 0.5) is 13.2 Å². The first-order valence-electron chi connectivity index (χ1n) is 14.4. The molecule has 2 aliphatic heterocycles. The van der Waals surface area contributed by atoms with Gasteiger partial charge in [0.2, 0.25) is 5.91 Å². The fourth-order valence-corrected chi connectivity index (χ4v) is 5.80. The highest BCUT2D eigenvalue weighted by molar-refractivity contribution is 5.83. The minimum Gasteiger partial charge on any atom is -0.493 e. The van der Waals surface area contributed by atoms with Crippen LogP contribution in [0.2, 0.25) is 0 Å². The number of piperidine rings is 1. The average molecular weight is 570 g/mol. The molecule has 1 amide bonds. The summed E-state index contributed by atoms with van der Waals surface area (Å²) in [4.78, 5) is 17.9. The Bertz CT molecular complexity index is 1300. The van der Waals surface area contributed by atoms with Gasteiger partial charge in [-0.1, -0.05) is 42.5 Å². The first kappa shape index (κ1) is 29.4. The highest BCUT2D eigenvalue weighted by atomic mass is 19.4. The second kappa shape index (κ2) is 13.7. The van der Waals surface area contributed by atoms with E-state index in [9.17, 15) is 18.0 Å². The fourth-order valence-electron chi connectivity index (χ4n) is 5.80. The second-order valence-electron chi connectivity index (χ2n) is 11.1. The van der Waals surface area contributed by atoms with Crippen molar-refractivity contribution < 1.29 is 27.4 Å². The van der Waals surface area contributed by atoms with Gasteiger partial charge in [-0.25, -0.2) is 0 Å². The van der Waals surface area contributed by atoms with Crippen molar-refractivity contribution in [1.82, 2.24) is 15.1 Å². The van der Waals surface area contributed by atoms with E-state index in [0.29, 0.717) is 32.6 Å². The number of nitrogens with one attached hydrogen (secondary N) is 1. The maximum Gasteiger partial charge on any atom is 0.416 e. The Labute approximate surface area is 239 Å². The molecule has 5 rings (SSSR count). The minimum atomic E-state index is -4.42. The number of alkyl halides is 3. The smallest absolute Gasteiger partial charge is 0.416 e. The number of likely N-dealkylation sites (tertiary alicyclic amines) is 1. The molecule has 0 saturated carbocycles. The van der Waals surface area contributed by atoms with Crippen LogP contribution in [-0.4, -0.2) is 74.8 Å². The number of carbonyl (C=O) groups is 1. The summed E-state index contributed by atoms with van der Waals surface area (Å²) in [5, 5.41) is 5.47. The molecule has 0 bridgehead atoms. The molecule has 2 aliphatic rings. The van der Waals surface area contributed by atoms with E-state index in [2.05, 4.69) is 45.4 Å². The van der Waals surface area contributed by atoms with Gasteiger partial charge in [-0.2, -0.15) is 13.2 Å². The van der Waals surface area contributed by atoms with Gasteiger partial charge in [0.1, 0.15) is 5.75 Å². The van der Waals surface area contributed by atoms with E-state index in [1.807, 2.05) is 12.1 Å². The molecule has 2 atom stereocenters. The topological polar surface area (TPSA) is 54.0 Å². The van der Waals surface area contributed by atoms with Crippen molar-refractivity contribution in [2.75, 3.05) is 59.1 Å². The van der Waals surface area contributed by atoms with Gasteiger partial charge in [-0.15, -0.1) is 0 Å². The van der Waals surface area contributed by atoms with E-state index >= 15 is 0 Å². The Morgan fingerprint density at radius 2 is 1.76 bits per heavy atom. The number of carbonyl (C=O) groups excluding carboxylic acids is 1. The number of hydrogen-bond donors (Lipinski definition) is 1. The van der Waals surface area contributed by atoms with E-state index in [4.69, 9.17) is 9.47 Å². The lowest BCUT2D eigenvalue weighted by Gasteiger charge is -2.37. The molecule has 2 saturated heterocycles. The third-order valence-electron chi connectivity index (χ3n) is 7.90. The molecule has 0 aromatic heterocycles. The Morgan fingerprint density at radius 3 is 2.56 bits per heavy atom. The lowest BCUT2D eigenvalue weighted by Crippen LogP contribution is -2.47. The first-order chi connectivity index (χ1) is 19.8. The van der Waals surface area contributed by atoms with Crippen molar-refractivity contribution in [3.63, 3.8) is 0 Å². The largest absolute Gasteiger partial charge is 0.493 e. The van der Waals surface area contributed by atoms with Crippen molar-refractivity contribution >= 4 is 16.7 Å². The number of amides is 1. The highest BCUT2D eigenvalue weighted by Crippen LogP contribution is 2.32. The predicted octanol–water partition coefficient (Wildman–Crippen LogP) is 5.21. The summed E-state index contributed by atoms with van der Waals surface area (Å²) in [7, 11) is 0. The molecule has 2 fully saturated rings. The molecule has 1 N–H and O–H groups in total. The lowest BCUT2D eigenvalue weighted by molar-refractivity contribution is -0.137. The van der Waals surface area contributed by atoms with Gasteiger partial charge in [0.05, 0.1) is 31.3 Å². The monoisotopic (exact) mass is 569 g/mol. The summed E-state index contributed by atoms with van der Waals surface area (Å²) >= 11 is 0. The summed E-state index contributed by atoms with van der Waals surface area (Å²) in [6, 6.07) is 19.6. The molecule has 3 aromatic carbocycles. The van der Waals surface area contributed by atoms with Gasteiger partial charge in [0.25, 0.3) is 0 Å². The van der Waals surface area contributed by atoms with Crippen LogP contribution in [0.3, 0.4) is 0 Å². The van der Waals surface area contributed by atoms with Crippen LogP contribution in [0.1, 0.15) is 24.0 Å². The Kier molecular flexibility index (Phi) is 9.80. The maximum atomic E-state index is 13.3. The van der Waals surface area contributed by atoms with Crippen LogP contribution in [0, 0.1) is 11.8 Å². The van der Waals surface area contributed by atoms with Gasteiger partial charge in [0.15, 0.2) is 0 Å². The van der Waals surface area contributed by atoms with Crippen molar-refractivity contribution in [2.45, 2.75) is 25.6 Å². The third kappa shape index (κ3) is 8.44. The van der Waals surface area contributed by atoms with Gasteiger partial charge >= 0.3 is 6.18 Å². The molecule has 2 heterocycles. The van der Waals surface area contributed by atoms with Crippen molar-refractivity contribution in [1.29, 1.82) is 0 Å². The van der Waals surface area contributed by atoms with Gasteiger partial charge in [0, 0.05) is 45.2 Å². The predicted molar refractivity (Wildman–Crippen MR) is 153 cm³/mol. The summed E-state index contributed by atoms with van der Waals surface area (Å²) in [5.74, 6) is 0.000372. The van der Waals surface area contributed by atoms with Gasteiger partial charge < -0.3 is 14.8 Å². The number of ether oxygens (including phenoxy) is 2. The van der Waals surface area contributed by atoms with Crippen molar-refractivity contribution in [3.8, 4) is 5.75 Å². The van der Waals surface area contributed by atoms with Crippen molar-refractivity contribution in [3.05, 3.63) is 77.9 Å². The Hall–Kier alpha value is -3.14. The minimum absolute atomic E-state index is 0.00264. The zero-order chi connectivity index (χ0) is 28.7. The second-order valence-corrected chi connectivity index (χ2v) is 11.1. The molecule has 0 spiro atoms. The molecular weight excluding hydrogens is 531 g/mol. The quantitative estimate of drug-likeness (QED) is 0.340. The number of nitrogens with zero attached hydrogens (tertiary/aromatic N) is 2. The first-order valence-corrected chi connectivity index (χ1v) is 14.4. The summed E-state index contributed by atoms with van der Waals surface area (Å²) in [5.41, 5.74) is 0.429. The number of benzene rings is 3. The number of rotatable bonds is 10. The average Bonchev–Trinajstić information content (AvgIpc) is 2.98. The standard InChI is InChI=1S/C32H38F3N3O3/c33-32(34,35)29-7-3-8-30(19-29)41-23-25-18-28(31(39)36-11-4-12-37-13-15-40-16-14-37)22-38(21-25)20-24-9-10-26-5-1-2-6-27(26)17-24/h1-3,5-10,17,19,25,28H,4,11-16,18,20-23H2,(H,36,39)/t25-,28+/m0/s1. The lowest BCUT2D eigenvalue weighted by atomic mass is 9.88. The summed E-state index contributed by atoms with van der Waals surface area (Å²) < 4.78 is 50.8.